The number of rotatable bonds is 4. The van der Waals surface area contributed by atoms with Crippen LogP contribution in [0.5, 0.6) is 0 Å². The summed E-state index contributed by atoms with van der Waals surface area (Å²) < 4.78 is 62.2. The minimum absolute atomic E-state index is 0.214. The lowest BCUT2D eigenvalue weighted by Gasteiger charge is -2.13. The number of H-pyrrole nitrogens is 1. The maximum atomic E-state index is 13.2. The molecule has 1 atom stereocenters. The number of hydrogen-bond acceptors (Lipinski definition) is 5. The summed E-state index contributed by atoms with van der Waals surface area (Å²) in [7, 11) is -1.85. The Morgan fingerprint density at radius 2 is 2.08 bits per heavy atom. The molecule has 3 rings (SSSR count). The summed E-state index contributed by atoms with van der Waals surface area (Å²) in [6.07, 6.45) is -1.36. The van der Waals surface area contributed by atoms with Crippen LogP contribution in [0.25, 0.3) is 10.9 Å². The van der Waals surface area contributed by atoms with Gasteiger partial charge in [-0.05, 0) is 6.07 Å². The SMILES string of the molecule is CS(=O)c1ncc(C(F)(F)F)c(Nc2c[nH]c3c(P=O)cccc23)n1. The highest BCUT2D eigenvalue weighted by molar-refractivity contribution is 7.84. The van der Waals surface area contributed by atoms with Crippen molar-refractivity contribution >= 4 is 47.0 Å². The van der Waals surface area contributed by atoms with Gasteiger partial charge in [0, 0.05) is 24.0 Å². The van der Waals surface area contributed by atoms with E-state index in [2.05, 4.69) is 20.3 Å². The maximum absolute atomic E-state index is 13.2. The summed E-state index contributed by atoms with van der Waals surface area (Å²) in [4.78, 5) is 10.1. The van der Waals surface area contributed by atoms with Gasteiger partial charge >= 0.3 is 6.18 Å². The summed E-state index contributed by atoms with van der Waals surface area (Å²) in [6.45, 7) is 0. The van der Waals surface area contributed by atoms with Crippen LogP contribution < -0.4 is 10.6 Å². The second-order valence-corrected chi connectivity index (χ2v) is 6.92. The normalized spacial score (nSPS) is 13.3. The first-order chi connectivity index (χ1) is 11.8. The van der Waals surface area contributed by atoms with Crippen molar-refractivity contribution in [2.24, 2.45) is 0 Å². The van der Waals surface area contributed by atoms with Gasteiger partial charge < -0.3 is 10.3 Å². The van der Waals surface area contributed by atoms with Gasteiger partial charge in [0.25, 0.3) is 0 Å². The number of aromatic amines is 1. The molecular weight excluding hydrogens is 376 g/mol. The lowest BCUT2D eigenvalue weighted by Crippen LogP contribution is -2.13. The smallest absolute Gasteiger partial charge is 0.358 e. The van der Waals surface area contributed by atoms with Crippen LogP contribution in [0.4, 0.5) is 24.7 Å². The van der Waals surface area contributed by atoms with E-state index in [1.165, 1.54) is 12.5 Å². The van der Waals surface area contributed by atoms with Crippen molar-refractivity contribution in [3.8, 4) is 0 Å². The molecule has 2 heterocycles. The standard InChI is InChI=1S/C14H10F3N4O2PS/c1-25(23)13-19-5-8(14(15,16)17)12(21-13)20-9-6-18-11-7(9)3-2-4-10(11)24-22/h2-6,18H,1H3,(H,19,20,21). The molecule has 11 heteroatoms. The Labute approximate surface area is 143 Å². The van der Waals surface area contributed by atoms with Crippen molar-refractivity contribution in [1.29, 1.82) is 0 Å². The lowest BCUT2D eigenvalue weighted by molar-refractivity contribution is -0.137. The molecule has 1 unspecified atom stereocenters. The van der Waals surface area contributed by atoms with Crippen LogP contribution in [0, 0.1) is 0 Å². The molecule has 0 saturated carbocycles. The molecule has 0 saturated heterocycles. The average Bonchev–Trinajstić information content (AvgIpc) is 2.96. The Bertz CT molecular complexity index is 990. The number of benzene rings is 1. The number of anilines is 2. The fourth-order valence-electron chi connectivity index (χ4n) is 2.25. The summed E-state index contributed by atoms with van der Waals surface area (Å²) in [5.41, 5.74) is -0.227. The first-order valence-corrected chi connectivity index (χ1v) is 9.16. The largest absolute Gasteiger partial charge is 0.421 e. The first-order valence-electron chi connectivity index (χ1n) is 6.79. The van der Waals surface area contributed by atoms with E-state index in [1.54, 1.807) is 18.2 Å². The third-order valence-corrected chi connectivity index (χ3v) is 4.65. The summed E-state index contributed by atoms with van der Waals surface area (Å²) in [5, 5.41) is 3.41. The molecule has 2 N–H and O–H groups in total. The van der Waals surface area contributed by atoms with Crippen molar-refractivity contribution in [3.63, 3.8) is 0 Å². The lowest BCUT2D eigenvalue weighted by atomic mass is 10.2. The molecule has 0 amide bonds. The second kappa shape index (κ2) is 6.53. The molecule has 0 spiro atoms. The molecular formula is C14H10F3N4O2PS. The topological polar surface area (TPSA) is 87.7 Å². The third-order valence-electron chi connectivity index (χ3n) is 3.37. The Balaban J connectivity index is 2.12. The fourth-order valence-corrected chi connectivity index (χ4v) is 3.10. The Morgan fingerprint density at radius 1 is 1.32 bits per heavy atom. The van der Waals surface area contributed by atoms with Gasteiger partial charge in [-0.15, -0.1) is 0 Å². The van der Waals surface area contributed by atoms with Crippen molar-refractivity contribution in [3.05, 3.63) is 36.2 Å². The van der Waals surface area contributed by atoms with Crippen molar-refractivity contribution in [1.82, 2.24) is 15.0 Å². The Morgan fingerprint density at radius 3 is 2.72 bits per heavy atom. The molecule has 25 heavy (non-hydrogen) atoms. The predicted molar refractivity (Wildman–Crippen MR) is 88.2 cm³/mol. The molecule has 0 aliphatic rings. The van der Waals surface area contributed by atoms with Gasteiger partial charge in [-0.1, -0.05) is 12.1 Å². The zero-order valence-corrected chi connectivity index (χ0v) is 14.3. The summed E-state index contributed by atoms with van der Waals surface area (Å²) >= 11 is 0. The predicted octanol–water partition coefficient (Wildman–Crippen LogP) is 3.37. The van der Waals surface area contributed by atoms with Gasteiger partial charge in [0.05, 0.1) is 27.3 Å². The fraction of sp³-hybridized carbons (Fsp3) is 0.143. The zero-order chi connectivity index (χ0) is 18.2. The van der Waals surface area contributed by atoms with E-state index in [1.807, 2.05) is 0 Å². The van der Waals surface area contributed by atoms with Crippen LogP contribution in [0.2, 0.25) is 0 Å². The summed E-state index contributed by atoms with van der Waals surface area (Å²) in [5.74, 6) is -0.501. The minimum atomic E-state index is -4.68. The molecule has 0 aliphatic carbocycles. The quantitative estimate of drug-likeness (QED) is 0.530. The number of aromatic nitrogens is 3. The van der Waals surface area contributed by atoms with E-state index >= 15 is 0 Å². The van der Waals surface area contributed by atoms with Gasteiger partial charge in [0.1, 0.15) is 11.4 Å². The van der Waals surface area contributed by atoms with E-state index in [0.717, 1.165) is 0 Å². The van der Waals surface area contributed by atoms with E-state index in [9.17, 15) is 21.9 Å². The highest BCUT2D eigenvalue weighted by Crippen LogP contribution is 2.36. The Kier molecular flexibility index (Phi) is 4.57. The van der Waals surface area contributed by atoms with Crippen LogP contribution in [-0.4, -0.2) is 25.4 Å². The number of alkyl halides is 3. The average molecular weight is 386 g/mol. The van der Waals surface area contributed by atoms with Gasteiger partial charge in [0.2, 0.25) is 5.16 Å². The van der Waals surface area contributed by atoms with Gasteiger partial charge in [-0.2, -0.15) is 13.2 Å². The number of hydrogen-bond donors (Lipinski definition) is 2. The number of halogens is 3. The first kappa shape index (κ1) is 17.5. The molecule has 2 aromatic heterocycles. The Hall–Kier alpha value is -2.32. The molecule has 0 aliphatic heterocycles. The number of nitrogens with one attached hydrogen (secondary N) is 2. The van der Waals surface area contributed by atoms with E-state index in [0.29, 0.717) is 28.1 Å². The molecule has 3 aromatic rings. The zero-order valence-electron chi connectivity index (χ0n) is 12.6. The summed E-state index contributed by atoms with van der Waals surface area (Å²) in [6, 6.07) is 4.93. The van der Waals surface area contributed by atoms with Gasteiger partial charge in [0.15, 0.2) is 8.46 Å². The van der Waals surface area contributed by atoms with Crippen LogP contribution >= 0.6 is 8.46 Å². The number of fused-ring (bicyclic) bond motifs is 1. The van der Waals surface area contributed by atoms with Crippen molar-refractivity contribution < 1.29 is 21.9 Å². The number of nitrogens with zero attached hydrogens (tertiary/aromatic N) is 2. The van der Waals surface area contributed by atoms with Crippen LogP contribution in [0.1, 0.15) is 5.56 Å². The molecule has 6 nitrogen and oxygen atoms in total. The van der Waals surface area contributed by atoms with Gasteiger partial charge in [-0.3, -0.25) is 8.77 Å². The highest BCUT2D eigenvalue weighted by Gasteiger charge is 2.35. The van der Waals surface area contributed by atoms with E-state index < -0.39 is 28.4 Å². The molecule has 0 fully saturated rings. The van der Waals surface area contributed by atoms with Crippen LogP contribution in [0.3, 0.4) is 0 Å². The van der Waals surface area contributed by atoms with E-state index in [-0.39, 0.29) is 13.6 Å². The molecule has 130 valence electrons. The molecule has 0 bridgehead atoms. The third kappa shape index (κ3) is 3.40. The number of para-hydroxylation sites is 1. The second-order valence-electron chi connectivity index (χ2n) is 4.99. The van der Waals surface area contributed by atoms with E-state index in [4.69, 9.17) is 0 Å². The maximum Gasteiger partial charge on any atom is 0.421 e. The monoisotopic (exact) mass is 386 g/mol. The minimum Gasteiger partial charge on any atom is -0.358 e. The van der Waals surface area contributed by atoms with Crippen molar-refractivity contribution in [2.75, 3.05) is 11.6 Å². The highest BCUT2D eigenvalue weighted by atomic mass is 32.2. The van der Waals surface area contributed by atoms with Crippen LogP contribution in [-0.2, 0) is 21.5 Å². The molecule has 1 aromatic carbocycles. The van der Waals surface area contributed by atoms with Crippen LogP contribution in [0.15, 0.2) is 35.7 Å². The molecule has 0 radical (unpaired) electrons. The van der Waals surface area contributed by atoms with Gasteiger partial charge in [-0.25, -0.2) is 9.97 Å². The van der Waals surface area contributed by atoms with Crippen molar-refractivity contribution in [2.45, 2.75) is 11.3 Å².